The number of carbonyl (C=O) groups excluding carboxylic acids is 1. The van der Waals surface area contributed by atoms with Crippen molar-refractivity contribution < 1.29 is 4.79 Å². The first kappa shape index (κ1) is 17.5. The van der Waals surface area contributed by atoms with Gasteiger partial charge in [0.2, 0.25) is 5.91 Å². The smallest absolute Gasteiger partial charge is 0.223 e. The van der Waals surface area contributed by atoms with E-state index in [1.807, 2.05) is 0 Å². The van der Waals surface area contributed by atoms with Crippen LogP contribution in [0.1, 0.15) is 73.6 Å². The highest BCUT2D eigenvalue weighted by Gasteiger charge is 2.20. The Bertz CT molecular complexity index is 223. The van der Waals surface area contributed by atoms with Crippen LogP contribution in [0.3, 0.4) is 0 Å². The summed E-state index contributed by atoms with van der Waals surface area (Å²) in [4.78, 5) is 12.3. The van der Waals surface area contributed by atoms with Gasteiger partial charge in [-0.25, -0.2) is 0 Å². The van der Waals surface area contributed by atoms with Crippen LogP contribution in [-0.4, -0.2) is 11.9 Å². The number of unbranched alkanes of at least 4 members (excludes halogenated alkanes) is 1. The van der Waals surface area contributed by atoms with E-state index in [1.54, 1.807) is 0 Å². The van der Waals surface area contributed by atoms with Gasteiger partial charge in [-0.3, -0.25) is 4.79 Å². The highest BCUT2D eigenvalue weighted by atomic mass is 16.1. The minimum Gasteiger partial charge on any atom is -0.353 e. The average Bonchev–Trinajstić information content (AvgIpc) is 2.22. The molecule has 2 heteroatoms. The van der Waals surface area contributed by atoms with Crippen LogP contribution in [0.5, 0.6) is 0 Å². The van der Waals surface area contributed by atoms with E-state index in [4.69, 9.17) is 0 Å². The number of amides is 1. The second kappa shape index (κ2) is 9.41. The minimum absolute atomic E-state index is 0.208. The monoisotopic (exact) mass is 255 g/mol. The fourth-order valence-electron chi connectivity index (χ4n) is 2.50. The fourth-order valence-corrected chi connectivity index (χ4v) is 2.50. The summed E-state index contributed by atoms with van der Waals surface area (Å²) >= 11 is 0. The van der Waals surface area contributed by atoms with E-state index in [1.165, 1.54) is 6.42 Å². The van der Waals surface area contributed by atoms with E-state index < -0.39 is 0 Å². The Morgan fingerprint density at radius 1 is 1.00 bits per heavy atom. The van der Waals surface area contributed by atoms with E-state index in [0.717, 1.165) is 25.7 Å². The second-order valence-electron chi connectivity index (χ2n) is 6.51. The molecular weight excluding hydrogens is 222 g/mol. The molecule has 18 heavy (non-hydrogen) atoms. The molecule has 0 aliphatic carbocycles. The van der Waals surface area contributed by atoms with Crippen LogP contribution in [0.15, 0.2) is 0 Å². The number of hydrogen-bond donors (Lipinski definition) is 1. The molecule has 0 aromatic rings. The number of hydrogen-bond acceptors (Lipinski definition) is 1. The third kappa shape index (κ3) is 8.54. The highest BCUT2D eigenvalue weighted by Crippen LogP contribution is 2.19. The topological polar surface area (TPSA) is 29.1 Å². The quantitative estimate of drug-likeness (QED) is 0.650. The van der Waals surface area contributed by atoms with Gasteiger partial charge in [-0.2, -0.15) is 0 Å². The van der Waals surface area contributed by atoms with Crippen molar-refractivity contribution >= 4 is 5.91 Å². The van der Waals surface area contributed by atoms with Crippen molar-refractivity contribution in [1.82, 2.24) is 5.32 Å². The Kier molecular flexibility index (Phi) is 9.13. The normalized spacial score (nSPS) is 14.9. The Morgan fingerprint density at radius 2 is 1.56 bits per heavy atom. The Labute approximate surface area is 114 Å². The van der Waals surface area contributed by atoms with Gasteiger partial charge in [-0.15, -0.1) is 0 Å². The van der Waals surface area contributed by atoms with E-state index in [0.29, 0.717) is 17.9 Å². The first-order valence-electron chi connectivity index (χ1n) is 7.67. The third-order valence-corrected chi connectivity index (χ3v) is 3.25. The summed E-state index contributed by atoms with van der Waals surface area (Å²) in [6.07, 6.45) is 5.44. The van der Waals surface area contributed by atoms with Gasteiger partial charge >= 0.3 is 0 Å². The average molecular weight is 255 g/mol. The van der Waals surface area contributed by atoms with Crippen LogP contribution in [0.4, 0.5) is 0 Å². The van der Waals surface area contributed by atoms with E-state index >= 15 is 0 Å². The van der Waals surface area contributed by atoms with E-state index in [-0.39, 0.29) is 11.8 Å². The van der Waals surface area contributed by atoms with Gasteiger partial charge in [0, 0.05) is 12.0 Å². The third-order valence-electron chi connectivity index (χ3n) is 3.25. The molecular formula is C16H33NO. The lowest BCUT2D eigenvalue weighted by atomic mass is 9.91. The number of rotatable bonds is 9. The Hall–Kier alpha value is -0.530. The molecule has 0 saturated carbocycles. The van der Waals surface area contributed by atoms with Gasteiger partial charge in [0.15, 0.2) is 0 Å². The predicted octanol–water partition coefficient (Wildman–Crippen LogP) is 4.39. The molecule has 0 aromatic heterocycles. The van der Waals surface area contributed by atoms with Gasteiger partial charge in [0.1, 0.15) is 0 Å². The standard InChI is InChI=1S/C16H33NO/c1-7-8-9-15(11-13(4)5)16(18)17-14(6)10-12(2)3/h12-15H,7-11H2,1-6H3,(H,17,18)/t14-,15?/m1/s1. The van der Waals surface area contributed by atoms with E-state index in [9.17, 15) is 4.79 Å². The summed E-state index contributed by atoms with van der Waals surface area (Å²) in [5, 5.41) is 3.19. The van der Waals surface area contributed by atoms with Gasteiger partial charge < -0.3 is 5.32 Å². The largest absolute Gasteiger partial charge is 0.353 e. The van der Waals surface area contributed by atoms with Gasteiger partial charge in [-0.05, 0) is 38.0 Å². The Morgan fingerprint density at radius 3 is 2.00 bits per heavy atom. The molecule has 0 radical (unpaired) electrons. The van der Waals surface area contributed by atoms with E-state index in [2.05, 4.69) is 46.9 Å². The first-order valence-corrected chi connectivity index (χ1v) is 7.67. The lowest BCUT2D eigenvalue weighted by molar-refractivity contribution is -0.126. The van der Waals surface area contributed by atoms with Gasteiger partial charge in [-0.1, -0.05) is 47.5 Å². The summed E-state index contributed by atoms with van der Waals surface area (Å²) < 4.78 is 0. The molecule has 0 rings (SSSR count). The maximum absolute atomic E-state index is 12.3. The summed E-state index contributed by atoms with van der Waals surface area (Å²) in [5.41, 5.74) is 0. The molecule has 0 aliphatic heterocycles. The molecule has 2 atom stereocenters. The first-order chi connectivity index (χ1) is 8.36. The lowest BCUT2D eigenvalue weighted by Crippen LogP contribution is -2.38. The number of nitrogens with one attached hydrogen (secondary N) is 1. The molecule has 0 bridgehead atoms. The van der Waals surface area contributed by atoms with Crippen LogP contribution in [0, 0.1) is 17.8 Å². The molecule has 0 aromatic carbocycles. The predicted molar refractivity (Wildman–Crippen MR) is 79.5 cm³/mol. The molecule has 1 unspecified atom stereocenters. The molecule has 108 valence electrons. The van der Waals surface area contributed by atoms with Crippen molar-refractivity contribution in [2.75, 3.05) is 0 Å². The zero-order valence-electron chi connectivity index (χ0n) is 13.3. The summed E-state index contributed by atoms with van der Waals surface area (Å²) in [6, 6.07) is 0.300. The van der Waals surface area contributed by atoms with Crippen molar-refractivity contribution in [1.29, 1.82) is 0 Å². The molecule has 0 aliphatic rings. The molecule has 0 heterocycles. The fraction of sp³-hybridized carbons (Fsp3) is 0.938. The molecule has 0 fully saturated rings. The number of carbonyl (C=O) groups is 1. The SMILES string of the molecule is CCCCC(CC(C)C)C(=O)N[C@H](C)CC(C)C. The Balaban J connectivity index is 4.26. The van der Waals surface area contributed by atoms with Crippen molar-refractivity contribution in [3.05, 3.63) is 0 Å². The summed E-state index contributed by atoms with van der Waals surface area (Å²) in [5.74, 6) is 1.71. The molecule has 1 N–H and O–H groups in total. The van der Waals surface area contributed by atoms with Crippen LogP contribution in [0.2, 0.25) is 0 Å². The summed E-state index contributed by atoms with van der Waals surface area (Å²) in [7, 11) is 0. The second-order valence-corrected chi connectivity index (χ2v) is 6.51. The zero-order chi connectivity index (χ0) is 14.1. The maximum atomic E-state index is 12.3. The van der Waals surface area contributed by atoms with Crippen molar-refractivity contribution in [2.45, 2.75) is 79.7 Å². The van der Waals surface area contributed by atoms with Crippen molar-refractivity contribution in [2.24, 2.45) is 17.8 Å². The molecule has 2 nitrogen and oxygen atoms in total. The van der Waals surface area contributed by atoms with Crippen molar-refractivity contribution in [3.63, 3.8) is 0 Å². The zero-order valence-corrected chi connectivity index (χ0v) is 13.3. The molecule has 0 saturated heterocycles. The molecule has 0 spiro atoms. The molecule has 1 amide bonds. The highest BCUT2D eigenvalue weighted by molar-refractivity contribution is 5.78. The van der Waals surface area contributed by atoms with Gasteiger partial charge in [0.05, 0.1) is 0 Å². The van der Waals surface area contributed by atoms with Crippen LogP contribution in [0.25, 0.3) is 0 Å². The summed E-state index contributed by atoms with van der Waals surface area (Å²) in [6.45, 7) is 13.1. The minimum atomic E-state index is 0.208. The van der Waals surface area contributed by atoms with Crippen LogP contribution < -0.4 is 5.32 Å². The lowest BCUT2D eigenvalue weighted by Gasteiger charge is -2.22. The van der Waals surface area contributed by atoms with Crippen LogP contribution >= 0.6 is 0 Å². The van der Waals surface area contributed by atoms with Gasteiger partial charge in [0.25, 0.3) is 0 Å². The van der Waals surface area contributed by atoms with Crippen molar-refractivity contribution in [3.8, 4) is 0 Å². The van der Waals surface area contributed by atoms with Crippen LogP contribution in [-0.2, 0) is 4.79 Å². The maximum Gasteiger partial charge on any atom is 0.223 e.